The van der Waals surface area contributed by atoms with Crippen molar-refractivity contribution < 1.29 is 14.3 Å². The number of carbonyl (C=O) groups excluding carboxylic acids is 1. The number of amides is 2. The number of hydrogen-bond acceptors (Lipinski definition) is 4. The fraction of sp³-hybridized carbons (Fsp3) is 0.303. The van der Waals surface area contributed by atoms with E-state index in [9.17, 15) is 4.79 Å². The molecule has 0 bridgehead atoms. The minimum absolute atomic E-state index is 0.0547. The number of hydrogen-bond donors (Lipinski definition) is 2. The number of nitrogens with one attached hydrogen (secondary N) is 2. The number of fused-ring (bicyclic) bond motifs is 1. The van der Waals surface area contributed by atoms with Crippen LogP contribution in [0.4, 0.5) is 21.9 Å². The van der Waals surface area contributed by atoms with Crippen LogP contribution in [-0.2, 0) is 10.2 Å². The molecule has 0 spiro atoms. The van der Waals surface area contributed by atoms with Crippen LogP contribution in [0, 0.1) is 6.92 Å². The van der Waals surface area contributed by atoms with Gasteiger partial charge in [-0.1, -0.05) is 69.3 Å². The summed E-state index contributed by atoms with van der Waals surface area (Å²) < 4.78 is 11.1. The Bertz CT molecular complexity index is 1500. The van der Waals surface area contributed by atoms with Gasteiger partial charge in [0, 0.05) is 29.7 Å². The maximum atomic E-state index is 13.2. The molecule has 5 rings (SSSR count). The third kappa shape index (κ3) is 5.57. The molecule has 1 saturated heterocycles. The highest BCUT2D eigenvalue weighted by Crippen LogP contribution is 2.40. The zero-order valence-corrected chi connectivity index (χ0v) is 23.4. The zero-order chi connectivity index (χ0) is 27.6. The third-order valence-electron chi connectivity index (χ3n) is 7.36. The molecule has 4 aromatic carbocycles. The fourth-order valence-electron chi connectivity index (χ4n) is 5.24. The summed E-state index contributed by atoms with van der Waals surface area (Å²) in [5.74, 6) is 0.619. The molecule has 1 fully saturated rings. The lowest BCUT2D eigenvalue weighted by Gasteiger charge is -2.31. The van der Waals surface area contributed by atoms with Crippen molar-refractivity contribution in [2.75, 3.05) is 48.9 Å². The summed E-state index contributed by atoms with van der Waals surface area (Å²) in [7, 11) is 1.61. The predicted octanol–water partition coefficient (Wildman–Crippen LogP) is 7.60. The summed E-state index contributed by atoms with van der Waals surface area (Å²) in [6.07, 6.45) is 0. The fourth-order valence-corrected chi connectivity index (χ4v) is 5.24. The second kappa shape index (κ2) is 11.0. The molecule has 6 nitrogen and oxygen atoms in total. The van der Waals surface area contributed by atoms with Crippen molar-refractivity contribution in [3.63, 3.8) is 0 Å². The van der Waals surface area contributed by atoms with E-state index in [1.807, 2.05) is 36.4 Å². The maximum Gasteiger partial charge on any atom is 0.323 e. The topological polar surface area (TPSA) is 62.8 Å². The lowest BCUT2D eigenvalue weighted by Crippen LogP contribution is -2.36. The number of morpholine rings is 1. The highest BCUT2D eigenvalue weighted by Gasteiger charge is 2.20. The summed E-state index contributed by atoms with van der Waals surface area (Å²) in [6, 6.07) is 24.4. The molecular formula is C33H37N3O3. The van der Waals surface area contributed by atoms with E-state index < -0.39 is 0 Å². The number of nitrogens with zero attached hydrogens (tertiary/aromatic N) is 1. The smallest absolute Gasteiger partial charge is 0.323 e. The van der Waals surface area contributed by atoms with Gasteiger partial charge in [-0.2, -0.15) is 0 Å². The molecule has 0 aliphatic carbocycles. The quantitative estimate of drug-likeness (QED) is 0.283. The average Bonchev–Trinajstić information content (AvgIpc) is 2.93. The zero-order valence-electron chi connectivity index (χ0n) is 23.4. The van der Waals surface area contributed by atoms with Gasteiger partial charge in [-0.25, -0.2) is 4.79 Å². The first kappa shape index (κ1) is 26.6. The number of ether oxygens (including phenoxy) is 2. The van der Waals surface area contributed by atoms with Crippen molar-refractivity contribution in [1.29, 1.82) is 0 Å². The third-order valence-corrected chi connectivity index (χ3v) is 7.36. The monoisotopic (exact) mass is 523 g/mol. The first-order valence-electron chi connectivity index (χ1n) is 13.5. The summed E-state index contributed by atoms with van der Waals surface area (Å²) in [4.78, 5) is 15.6. The van der Waals surface area contributed by atoms with Crippen molar-refractivity contribution in [1.82, 2.24) is 0 Å². The van der Waals surface area contributed by atoms with Gasteiger partial charge >= 0.3 is 6.03 Å². The maximum absolute atomic E-state index is 13.2. The molecule has 0 radical (unpaired) electrons. The Kier molecular flexibility index (Phi) is 7.49. The predicted molar refractivity (Wildman–Crippen MR) is 161 cm³/mol. The van der Waals surface area contributed by atoms with Gasteiger partial charge < -0.3 is 25.0 Å². The highest BCUT2D eigenvalue weighted by molar-refractivity contribution is 6.11. The Labute approximate surface area is 230 Å². The van der Waals surface area contributed by atoms with Gasteiger partial charge in [0.15, 0.2) is 0 Å². The molecule has 1 aliphatic rings. The van der Waals surface area contributed by atoms with Crippen molar-refractivity contribution >= 4 is 33.9 Å². The summed E-state index contributed by atoms with van der Waals surface area (Å²) >= 11 is 0. The number of methoxy groups -OCH3 is 1. The number of aryl methyl sites for hydroxylation is 1. The Morgan fingerprint density at radius 3 is 2.31 bits per heavy atom. The molecule has 0 saturated carbocycles. The first-order chi connectivity index (χ1) is 18.8. The van der Waals surface area contributed by atoms with E-state index in [0.717, 1.165) is 53.9 Å². The molecule has 2 amide bonds. The molecule has 2 N–H and O–H groups in total. The van der Waals surface area contributed by atoms with E-state index in [4.69, 9.17) is 9.47 Å². The van der Waals surface area contributed by atoms with Gasteiger partial charge in [-0.15, -0.1) is 0 Å². The van der Waals surface area contributed by atoms with Crippen LogP contribution in [0.2, 0.25) is 0 Å². The molecule has 39 heavy (non-hydrogen) atoms. The molecular weight excluding hydrogens is 486 g/mol. The van der Waals surface area contributed by atoms with Crippen LogP contribution in [0.3, 0.4) is 0 Å². The van der Waals surface area contributed by atoms with Crippen molar-refractivity contribution in [3.05, 3.63) is 83.9 Å². The van der Waals surface area contributed by atoms with Crippen LogP contribution >= 0.6 is 0 Å². The van der Waals surface area contributed by atoms with Crippen LogP contribution in [0.1, 0.15) is 31.9 Å². The van der Waals surface area contributed by atoms with Gasteiger partial charge in [0.1, 0.15) is 5.75 Å². The van der Waals surface area contributed by atoms with Crippen LogP contribution < -0.4 is 20.3 Å². The lowest BCUT2D eigenvalue weighted by atomic mass is 9.87. The average molecular weight is 524 g/mol. The first-order valence-corrected chi connectivity index (χ1v) is 13.5. The van der Waals surface area contributed by atoms with Crippen LogP contribution in [0.15, 0.2) is 72.8 Å². The normalized spacial score (nSPS) is 13.8. The van der Waals surface area contributed by atoms with Gasteiger partial charge in [0.2, 0.25) is 0 Å². The van der Waals surface area contributed by atoms with Crippen molar-refractivity contribution in [2.24, 2.45) is 0 Å². The molecule has 202 valence electrons. The number of urea groups is 1. The van der Waals surface area contributed by atoms with E-state index >= 15 is 0 Å². The van der Waals surface area contributed by atoms with Gasteiger partial charge in [0.05, 0.1) is 31.7 Å². The summed E-state index contributed by atoms with van der Waals surface area (Å²) in [5.41, 5.74) is 7.24. The van der Waals surface area contributed by atoms with Gasteiger partial charge in [-0.05, 0) is 58.7 Å². The van der Waals surface area contributed by atoms with Gasteiger partial charge in [-0.3, -0.25) is 0 Å². The molecule has 1 heterocycles. The number of anilines is 3. The minimum Gasteiger partial charge on any atom is -0.495 e. The standard InChI is InChI=1S/C33H37N3O3/c1-22-9-8-12-29(36-17-19-39-20-18-36)31(22)26-14-15-27(25-11-7-6-10-24(25)26)34-32(37)35-28-21-23(33(2,3)4)13-16-30(28)38-5/h6-16,21H,17-20H2,1-5H3,(H2,34,35,37). The minimum atomic E-state index is -0.317. The van der Waals surface area contributed by atoms with Crippen LogP contribution in [-0.4, -0.2) is 39.4 Å². The van der Waals surface area contributed by atoms with E-state index in [0.29, 0.717) is 11.4 Å². The molecule has 4 aromatic rings. The van der Waals surface area contributed by atoms with Crippen molar-refractivity contribution in [3.8, 4) is 16.9 Å². The van der Waals surface area contributed by atoms with Crippen molar-refractivity contribution in [2.45, 2.75) is 33.1 Å². The molecule has 0 unspecified atom stereocenters. The lowest BCUT2D eigenvalue weighted by molar-refractivity contribution is 0.123. The molecule has 0 aromatic heterocycles. The second-order valence-corrected chi connectivity index (χ2v) is 11.0. The Morgan fingerprint density at radius 2 is 1.59 bits per heavy atom. The number of benzene rings is 4. The molecule has 0 atom stereocenters. The van der Waals surface area contributed by atoms with E-state index in [1.165, 1.54) is 16.8 Å². The number of carbonyl (C=O) groups is 1. The summed E-state index contributed by atoms with van der Waals surface area (Å²) in [5, 5.41) is 8.16. The Balaban J connectivity index is 1.49. The molecule has 6 heteroatoms. The molecule has 1 aliphatic heterocycles. The van der Waals surface area contributed by atoms with E-state index in [-0.39, 0.29) is 11.4 Å². The highest BCUT2D eigenvalue weighted by atomic mass is 16.5. The SMILES string of the molecule is COc1ccc(C(C)(C)C)cc1NC(=O)Nc1ccc(-c2c(C)cccc2N2CCOCC2)c2ccccc12. The van der Waals surface area contributed by atoms with E-state index in [2.05, 4.69) is 79.6 Å². The van der Waals surface area contributed by atoms with Gasteiger partial charge in [0.25, 0.3) is 0 Å². The number of rotatable bonds is 5. The Hall–Kier alpha value is -4.03. The van der Waals surface area contributed by atoms with Crippen LogP contribution in [0.5, 0.6) is 5.75 Å². The second-order valence-electron chi connectivity index (χ2n) is 11.0. The summed E-state index contributed by atoms with van der Waals surface area (Å²) in [6.45, 7) is 11.8. The van der Waals surface area contributed by atoms with Crippen LogP contribution in [0.25, 0.3) is 21.9 Å². The largest absolute Gasteiger partial charge is 0.495 e. The Morgan fingerprint density at radius 1 is 0.872 bits per heavy atom. The van der Waals surface area contributed by atoms with E-state index in [1.54, 1.807) is 7.11 Å².